The Morgan fingerprint density at radius 2 is 2.07 bits per heavy atom. The first-order valence-electron chi connectivity index (χ1n) is 8.93. The Morgan fingerprint density at radius 3 is 2.79 bits per heavy atom. The highest BCUT2D eigenvalue weighted by atomic mass is 35.5. The number of fused-ring (bicyclic) bond motifs is 2. The molecule has 0 saturated carbocycles. The summed E-state index contributed by atoms with van der Waals surface area (Å²) in [5.74, 6) is 0. The third-order valence-electron chi connectivity index (χ3n) is 4.71. The van der Waals surface area contributed by atoms with E-state index in [0.717, 1.165) is 16.6 Å². The standard InChI is InChI=1S/C20H21ClN4O3/c1-20(2,3)28-19(27)25-10-13-14(21)9-23-16(15(13)18(25)26)11-5-7-22-17-12(11)6-8-24(17)4/h5-9,18,26H,10H2,1-4H3. The molecular weight excluding hydrogens is 380 g/mol. The van der Waals surface area contributed by atoms with Crippen LogP contribution < -0.4 is 0 Å². The van der Waals surface area contributed by atoms with Gasteiger partial charge in [-0.05, 0) is 32.9 Å². The maximum atomic E-state index is 12.6. The topological polar surface area (TPSA) is 80.5 Å². The summed E-state index contributed by atoms with van der Waals surface area (Å²) < 4.78 is 7.35. The van der Waals surface area contributed by atoms with Crippen LogP contribution in [0.2, 0.25) is 5.02 Å². The number of pyridine rings is 2. The van der Waals surface area contributed by atoms with E-state index in [4.69, 9.17) is 16.3 Å². The maximum absolute atomic E-state index is 12.6. The Hall–Kier alpha value is -2.64. The molecule has 8 heteroatoms. The van der Waals surface area contributed by atoms with Gasteiger partial charge in [0.15, 0.2) is 6.23 Å². The molecule has 0 saturated heterocycles. The molecule has 1 N–H and O–H groups in total. The van der Waals surface area contributed by atoms with Crippen LogP contribution in [0.25, 0.3) is 22.3 Å². The van der Waals surface area contributed by atoms with Crippen LogP contribution in [-0.2, 0) is 18.3 Å². The van der Waals surface area contributed by atoms with E-state index in [0.29, 0.717) is 21.8 Å². The van der Waals surface area contributed by atoms with Crippen LogP contribution >= 0.6 is 11.6 Å². The average Bonchev–Trinajstić information content (AvgIpc) is 3.16. The number of aryl methyl sites for hydroxylation is 1. The summed E-state index contributed by atoms with van der Waals surface area (Å²) >= 11 is 6.35. The number of halogens is 1. The summed E-state index contributed by atoms with van der Waals surface area (Å²) in [4.78, 5) is 22.7. The van der Waals surface area contributed by atoms with Gasteiger partial charge >= 0.3 is 6.09 Å². The lowest BCUT2D eigenvalue weighted by Crippen LogP contribution is -2.35. The van der Waals surface area contributed by atoms with Crippen molar-refractivity contribution in [3.63, 3.8) is 0 Å². The molecule has 3 aromatic heterocycles. The number of rotatable bonds is 1. The molecule has 1 aliphatic rings. The normalized spacial score (nSPS) is 16.5. The lowest BCUT2D eigenvalue weighted by Gasteiger charge is -2.26. The molecule has 146 valence electrons. The third kappa shape index (κ3) is 3.00. The van der Waals surface area contributed by atoms with Crippen LogP contribution in [0, 0.1) is 0 Å². The van der Waals surface area contributed by atoms with Gasteiger partial charge < -0.3 is 14.4 Å². The number of carbonyl (C=O) groups is 1. The summed E-state index contributed by atoms with van der Waals surface area (Å²) in [6, 6.07) is 3.80. The molecule has 0 radical (unpaired) electrons. The zero-order chi connectivity index (χ0) is 20.2. The van der Waals surface area contributed by atoms with Gasteiger partial charge in [-0.3, -0.25) is 9.88 Å². The molecule has 1 atom stereocenters. The van der Waals surface area contributed by atoms with Crippen LogP contribution in [0.3, 0.4) is 0 Å². The van der Waals surface area contributed by atoms with Gasteiger partial charge in [0.05, 0.1) is 17.3 Å². The van der Waals surface area contributed by atoms with Crippen molar-refractivity contribution in [2.45, 2.75) is 39.1 Å². The van der Waals surface area contributed by atoms with Crippen molar-refractivity contribution in [1.82, 2.24) is 19.4 Å². The van der Waals surface area contributed by atoms with Crippen LogP contribution in [0.4, 0.5) is 4.79 Å². The highest BCUT2D eigenvalue weighted by Gasteiger charge is 2.39. The van der Waals surface area contributed by atoms with Crippen molar-refractivity contribution < 1.29 is 14.6 Å². The zero-order valence-electron chi connectivity index (χ0n) is 16.1. The van der Waals surface area contributed by atoms with Crippen molar-refractivity contribution in [2.75, 3.05) is 0 Å². The second-order valence-corrected chi connectivity index (χ2v) is 8.26. The lowest BCUT2D eigenvalue weighted by atomic mass is 10.0. The second kappa shape index (κ2) is 6.46. The fourth-order valence-corrected chi connectivity index (χ4v) is 3.67. The van der Waals surface area contributed by atoms with Crippen LogP contribution in [0.15, 0.2) is 30.7 Å². The number of carbonyl (C=O) groups excluding carboxylic acids is 1. The molecule has 0 fully saturated rings. The van der Waals surface area contributed by atoms with E-state index in [2.05, 4.69) is 9.97 Å². The molecule has 1 unspecified atom stereocenters. The molecule has 1 aliphatic heterocycles. The first kappa shape index (κ1) is 18.7. The number of aliphatic hydroxyl groups is 1. The van der Waals surface area contributed by atoms with E-state index < -0.39 is 17.9 Å². The Labute approximate surface area is 167 Å². The largest absolute Gasteiger partial charge is 0.444 e. The number of aromatic nitrogens is 3. The minimum atomic E-state index is -1.20. The first-order chi connectivity index (χ1) is 13.2. The number of ether oxygens (including phenoxy) is 1. The quantitative estimate of drug-likeness (QED) is 0.667. The third-order valence-corrected chi connectivity index (χ3v) is 5.03. The van der Waals surface area contributed by atoms with Crippen molar-refractivity contribution in [3.05, 3.63) is 46.9 Å². The van der Waals surface area contributed by atoms with Crippen LogP contribution in [0.1, 0.15) is 38.1 Å². The molecular formula is C20H21ClN4O3. The van der Waals surface area contributed by atoms with E-state index >= 15 is 0 Å². The molecule has 0 bridgehead atoms. The number of aliphatic hydroxyl groups excluding tert-OH is 1. The Bertz CT molecular complexity index is 1090. The Balaban J connectivity index is 1.83. The highest BCUT2D eigenvalue weighted by molar-refractivity contribution is 6.31. The van der Waals surface area contributed by atoms with Gasteiger partial charge in [-0.1, -0.05) is 11.6 Å². The smallest absolute Gasteiger partial charge is 0.412 e. The monoisotopic (exact) mass is 400 g/mol. The van der Waals surface area contributed by atoms with Crippen molar-refractivity contribution in [3.8, 4) is 11.3 Å². The molecule has 4 rings (SSSR count). The maximum Gasteiger partial charge on any atom is 0.412 e. The summed E-state index contributed by atoms with van der Waals surface area (Å²) in [7, 11) is 1.91. The predicted molar refractivity (Wildman–Crippen MR) is 106 cm³/mol. The zero-order valence-corrected chi connectivity index (χ0v) is 16.9. The number of nitrogens with zero attached hydrogens (tertiary/aromatic N) is 4. The van der Waals surface area contributed by atoms with Gasteiger partial charge in [0.2, 0.25) is 0 Å². The molecule has 0 aliphatic carbocycles. The molecule has 3 aromatic rings. The minimum Gasteiger partial charge on any atom is -0.444 e. The Morgan fingerprint density at radius 1 is 1.32 bits per heavy atom. The van der Waals surface area contributed by atoms with Gasteiger partial charge in [0, 0.05) is 47.7 Å². The fraction of sp³-hybridized carbons (Fsp3) is 0.350. The van der Waals surface area contributed by atoms with E-state index in [1.165, 1.54) is 4.90 Å². The SMILES string of the molecule is Cn1ccc2c(-c3ncc(Cl)c4c3C(O)N(C(=O)OC(C)(C)C)C4)ccnc21. The van der Waals surface area contributed by atoms with Crippen molar-refractivity contribution in [2.24, 2.45) is 7.05 Å². The summed E-state index contributed by atoms with van der Waals surface area (Å²) in [6.07, 6.45) is 3.38. The average molecular weight is 401 g/mol. The number of amides is 1. The van der Waals surface area contributed by atoms with Crippen molar-refractivity contribution in [1.29, 1.82) is 0 Å². The molecule has 0 spiro atoms. The van der Waals surface area contributed by atoms with Gasteiger partial charge in [-0.25, -0.2) is 9.78 Å². The van der Waals surface area contributed by atoms with Crippen LogP contribution in [0.5, 0.6) is 0 Å². The summed E-state index contributed by atoms with van der Waals surface area (Å²) in [5.41, 5.74) is 2.73. The minimum absolute atomic E-state index is 0.156. The van der Waals surface area contributed by atoms with E-state index in [9.17, 15) is 9.90 Å². The lowest BCUT2D eigenvalue weighted by molar-refractivity contribution is -0.0256. The summed E-state index contributed by atoms with van der Waals surface area (Å²) in [6.45, 7) is 5.50. The number of hydrogen-bond donors (Lipinski definition) is 1. The highest BCUT2D eigenvalue weighted by Crippen LogP contribution is 2.42. The number of hydrogen-bond acceptors (Lipinski definition) is 5. The van der Waals surface area contributed by atoms with E-state index in [-0.39, 0.29) is 6.54 Å². The Kier molecular flexibility index (Phi) is 4.32. The van der Waals surface area contributed by atoms with Gasteiger partial charge in [-0.2, -0.15) is 0 Å². The summed E-state index contributed by atoms with van der Waals surface area (Å²) in [5, 5.41) is 12.3. The van der Waals surface area contributed by atoms with Crippen molar-refractivity contribution >= 4 is 28.7 Å². The first-order valence-corrected chi connectivity index (χ1v) is 9.30. The van der Waals surface area contributed by atoms with Gasteiger partial charge in [-0.15, -0.1) is 0 Å². The van der Waals surface area contributed by atoms with Crippen LogP contribution in [-0.4, -0.2) is 36.2 Å². The molecule has 0 aromatic carbocycles. The fourth-order valence-electron chi connectivity index (χ4n) is 3.46. The predicted octanol–water partition coefficient (Wildman–Crippen LogP) is 4.03. The van der Waals surface area contributed by atoms with E-state index in [1.807, 2.05) is 29.9 Å². The molecule has 1 amide bonds. The van der Waals surface area contributed by atoms with Gasteiger partial charge in [0.25, 0.3) is 0 Å². The molecule has 4 heterocycles. The molecule has 7 nitrogen and oxygen atoms in total. The van der Waals surface area contributed by atoms with E-state index in [1.54, 1.807) is 33.2 Å². The molecule has 28 heavy (non-hydrogen) atoms. The second-order valence-electron chi connectivity index (χ2n) is 7.85. The van der Waals surface area contributed by atoms with Gasteiger partial charge in [0.1, 0.15) is 11.2 Å².